The first kappa shape index (κ1) is 22.3. The Morgan fingerprint density at radius 2 is 2.06 bits per heavy atom. The Morgan fingerprint density at radius 3 is 2.79 bits per heavy atom. The van der Waals surface area contributed by atoms with Crippen molar-refractivity contribution >= 4 is 11.6 Å². The summed E-state index contributed by atoms with van der Waals surface area (Å²) < 4.78 is 31.6. The second kappa shape index (κ2) is 9.79. The maximum atomic E-state index is 14.9. The summed E-state index contributed by atoms with van der Waals surface area (Å²) in [6.07, 6.45) is 7.32. The molecule has 2 aromatic heterocycles. The van der Waals surface area contributed by atoms with Gasteiger partial charge >= 0.3 is 0 Å². The van der Waals surface area contributed by atoms with E-state index in [0.717, 1.165) is 30.6 Å². The predicted molar refractivity (Wildman–Crippen MR) is 122 cm³/mol. The van der Waals surface area contributed by atoms with Gasteiger partial charge in [0, 0.05) is 19.4 Å². The summed E-state index contributed by atoms with van der Waals surface area (Å²) in [5, 5.41) is 0. The molecule has 1 aliphatic heterocycles. The molecular formula is C25H27FN4O4. The number of ether oxygens (including phenoxy) is 2. The highest BCUT2D eigenvalue weighted by atomic mass is 19.1. The predicted octanol–water partition coefficient (Wildman–Crippen LogP) is 4.43. The summed E-state index contributed by atoms with van der Waals surface area (Å²) >= 11 is 0. The Labute approximate surface area is 197 Å². The van der Waals surface area contributed by atoms with Crippen molar-refractivity contribution in [3.63, 3.8) is 0 Å². The van der Waals surface area contributed by atoms with Gasteiger partial charge in [0.15, 0.2) is 23.8 Å². The van der Waals surface area contributed by atoms with Crippen molar-refractivity contribution in [1.82, 2.24) is 15.0 Å². The van der Waals surface area contributed by atoms with Gasteiger partial charge in [-0.2, -0.15) is 9.37 Å². The van der Waals surface area contributed by atoms with Gasteiger partial charge in [-0.1, -0.05) is 19.1 Å². The van der Waals surface area contributed by atoms with Gasteiger partial charge in [-0.05, 0) is 42.4 Å². The van der Waals surface area contributed by atoms with Gasteiger partial charge in [0.25, 0.3) is 5.88 Å². The molecule has 1 aliphatic carbocycles. The van der Waals surface area contributed by atoms with E-state index in [-0.39, 0.29) is 35.3 Å². The van der Waals surface area contributed by atoms with Crippen molar-refractivity contribution in [1.29, 1.82) is 0 Å². The maximum Gasteiger partial charge on any atom is 0.255 e. The minimum absolute atomic E-state index is 0.0211. The molecular weight excluding hydrogens is 439 g/mol. The summed E-state index contributed by atoms with van der Waals surface area (Å²) in [7, 11) is 0. The molecule has 1 saturated carbocycles. The van der Waals surface area contributed by atoms with Crippen LogP contribution in [0.4, 0.5) is 10.2 Å². The quantitative estimate of drug-likeness (QED) is 0.406. The topological polar surface area (TPSA) is 90.6 Å². The molecule has 0 bridgehead atoms. The average molecular weight is 467 g/mol. The molecule has 2 fully saturated rings. The molecule has 34 heavy (non-hydrogen) atoms. The van der Waals surface area contributed by atoms with E-state index >= 15 is 0 Å². The van der Waals surface area contributed by atoms with Gasteiger partial charge in [0.2, 0.25) is 5.82 Å². The van der Waals surface area contributed by atoms with Crippen LogP contribution in [0.5, 0.6) is 11.6 Å². The van der Waals surface area contributed by atoms with Crippen molar-refractivity contribution in [2.24, 2.45) is 5.92 Å². The molecule has 3 aromatic rings. The average Bonchev–Trinajstić information content (AvgIpc) is 3.29. The highest BCUT2D eigenvalue weighted by Crippen LogP contribution is 2.32. The number of carbonyl (C=O) groups is 1. The highest BCUT2D eigenvalue weighted by Gasteiger charge is 2.29. The van der Waals surface area contributed by atoms with E-state index in [2.05, 4.69) is 15.0 Å². The van der Waals surface area contributed by atoms with Crippen LogP contribution in [-0.2, 0) is 0 Å². The summed E-state index contributed by atoms with van der Waals surface area (Å²) in [4.78, 5) is 26.0. The molecule has 0 amide bonds. The Kier molecular flexibility index (Phi) is 6.42. The number of halogens is 1. The molecule has 9 heteroatoms. The van der Waals surface area contributed by atoms with Crippen LogP contribution >= 0.6 is 0 Å². The monoisotopic (exact) mass is 466 g/mol. The van der Waals surface area contributed by atoms with Crippen LogP contribution < -0.4 is 14.4 Å². The minimum atomic E-state index is -0.512. The number of oxazole rings is 1. The van der Waals surface area contributed by atoms with Gasteiger partial charge in [-0.25, -0.2) is 9.97 Å². The first-order valence-corrected chi connectivity index (χ1v) is 11.6. The maximum absolute atomic E-state index is 14.9. The molecule has 178 valence electrons. The number of Topliss-reactive ketones (excluding diaryl/α,β-unsaturated/α-hetero) is 1. The summed E-state index contributed by atoms with van der Waals surface area (Å²) in [5.41, 5.74) is 1.04. The molecule has 1 saturated heterocycles. The Bertz CT molecular complexity index is 1120. The number of aromatic nitrogens is 3. The van der Waals surface area contributed by atoms with Crippen LogP contribution in [0.3, 0.4) is 0 Å². The van der Waals surface area contributed by atoms with Crippen molar-refractivity contribution in [3.05, 3.63) is 60.3 Å². The largest absolute Gasteiger partial charge is 0.489 e. The second-order valence-electron chi connectivity index (χ2n) is 9.01. The van der Waals surface area contributed by atoms with Gasteiger partial charge in [0.1, 0.15) is 18.2 Å². The number of nitrogens with zero attached hydrogens (tertiary/aromatic N) is 4. The number of ketones is 1. The van der Waals surface area contributed by atoms with Crippen LogP contribution in [0, 0.1) is 11.7 Å². The minimum Gasteiger partial charge on any atom is -0.489 e. The fraction of sp³-hybridized carbons (Fsp3) is 0.440. The van der Waals surface area contributed by atoms with Gasteiger partial charge in [0.05, 0.1) is 19.3 Å². The first-order valence-electron chi connectivity index (χ1n) is 11.6. The van der Waals surface area contributed by atoms with Crippen molar-refractivity contribution in [3.8, 4) is 11.6 Å². The van der Waals surface area contributed by atoms with Crippen molar-refractivity contribution < 1.29 is 23.1 Å². The third kappa shape index (κ3) is 5.18. The van der Waals surface area contributed by atoms with E-state index in [4.69, 9.17) is 13.9 Å². The Morgan fingerprint density at radius 1 is 1.24 bits per heavy atom. The molecule has 1 unspecified atom stereocenters. The van der Waals surface area contributed by atoms with E-state index in [1.54, 1.807) is 0 Å². The molecule has 2 atom stereocenters. The third-order valence-corrected chi connectivity index (χ3v) is 6.29. The standard InChI is InChI=1S/C25H27FN4O4/c1-16(10-21(31)22-11-27-15-33-22)18-4-6-19(7-5-18)34-20-8-9-30(12-20)24-23(26)25(29-14-28-24)32-13-17-2-3-17/h4-7,11,14-17,20H,2-3,8-10,12-13H2,1H3/t16-,20?/m1/s1. The Hall–Kier alpha value is -3.49. The van der Waals surface area contributed by atoms with E-state index in [1.165, 1.54) is 18.9 Å². The zero-order chi connectivity index (χ0) is 23.5. The Balaban J connectivity index is 1.15. The molecule has 5 rings (SSSR count). The van der Waals surface area contributed by atoms with Crippen LogP contribution in [0.1, 0.15) is 54.6 Å². The second-order valence-corrected chi connectivity index (χ2v) is 9.01. The van der Waals surface area contributed by atoms with E-state index in [9.17, 15) is 9.18 Å². The lowest BCUT2D eigenvalue weighted by Gasteiger charge is -2.19. The first-order chi connectivity index (χ1) is 16.6. The molecule has 0 radical (unpaired) electrons. The molecule has 8 nitrogen and oxygen atoms in total. The highest BCUT2D eigenvalue weighted by molar-refractivity contribution is 5.93. The molecule has 1 aromatic carbocycles. The third-order valence-electron chi connectivity index (χ3n) is 6.29. The number of hydrogen-bond acceptors (Lipinski definition) is 8. The zero-order valence-electron chi connectivity index (χ0n) is 19.0. The normalized spacial score (nSPS) is 18.6. The lowest BCUT2D eigenvalue weighted by Crippen LogP contribution is -2.26. The van der Waals surface area contributed by atoms with E-state index < -0.39 is 5.82 Å². The van der Waals surface area contributed by atoms with Gasteiger partial charge in [-0.3, -0.25) is 4.79 Å². The summed E-state index contributed by atoms with van der Waals surface area (Å²) in [6.45, 7) is 3.67. The van der Waals surface area contributed by atoms with Crippen molar-refractivity contribution in [2.45, 2.75) is 44.6 Å². The number of rotatable bonds is 10. The fourth-order valence-electron chi connectivity index (χ4n) is 4.08. The van der Waals surface area contributed by atoms with Gasteiger partial charge in [-0.15, -0.1) is 0 Å². The number of anilines is 1. The summed E-state index contributed by atoms with van der Waals surface area (Å²) in [6, 6.07) is 7.74. The smallest absolute Gasteiger partial charge is 0.255 e. The molecule has 0 spiro atoms. The molecule has 3 heterocycles. The van der Waals surface area contributed by atoms with E-state index in [1.807, 2.05) is 36.1 Å². The SMILES string of the molecule is C[C@H](CC(=O)c1cnco1)c1ccc(OC2CCN(c3ncnc(OCC4CC4)c3F)C2)cc1. The molecule has 2 aliphatic rings. The van der Waals surface area contributed by atoms with Crippen LogP contribution in [0.2, 0.25) is 0 Å². The summed E-state index contributed by atoms with van der Waals surface area (Å²) in [5.74, 6) is 1.26. The van der Waals surface area contributed by atoms with Crippen LogP contribution in [0.15, 0.2) is 47.6 Å². The molecule has 0 N–H and O–H groups in total. The number of hydrogen-bond donors (Lipinski definition) is 0. The zero-order valence-corrected chi connectivity index (χ0v) is 19.0. The lowest BCUT2D eigenvalue weighted by atomic mass is 9.95. The van der Waals surface area contributed by atoms with Crippen molar-refractivity contribution in [2.75, 3.05) is 24.6 Å². The van der Waals surface area contributed by atoms with Gasteiger partial charge < -0.3 is 18.8 Å². The number of benzene rings is 1. The fourth-order valence-corrected chi connectivity index (χ4v) is 4.08. The lowest BCUT2D eigenvalue weighted by molar-refractivity contribution is 0.0948. The van der Waals surface area contributed by atoms with E-state index in [0.29, 0.717) is 32.0 Å². The van der Waals surface area contributed by atoms with Crippen LogP contribution in [0.25, 0.3) is 0 Å². The van der Waals surface area contributed by atoms with Crippen LogP contribution in [-0.4, -0.2) is 46.5 Å². The number of carbonyl (C=O) groups excluding carboxylic acids is 1.